The highest BCUT2D eigenvalue weighted by molar-refractivity contribution is 14.1. The molecule has 0 aromatic carbocycles. The topological polar surface area (TPSA) is 70.1 Å². The maximum Gasteiger partial charge on any atom is 0.253 e. The SMILES string of the molecule is NC(=O)c1c(I)nn2c1CC[C@@H]1COC[C@@H]12. The Bertz CT molecular complexity index is 457. The van der Waals surface area contributed by atoms with Gasteiger partial charge in [0.1, 0.15) is 3.70 Å². The van der Waals surface area contributed by atoms with Gasteiger partial charge in [-0.05, 0) is 35.4 Å². The number of amides is 1. The Balaban J connectivity index is 2.11. The van der Waals surface area contributed by atoms with Crippen molar-refractivity contribution in [3.05, 3.63) is 15.0 Å². The minimum Gasteiger partial charge on any atom is -0.379 e. The van der Waals surface area contributed by atoms with Gasteiger partial charge in [-0.25, -0.2) is 0 Å². The number of primary amides is 1. The molecule has 0 unspecified atom stereocenters. The predicted octanol–water partition coefficient (Wildman–Crippen LogP) is 0.720. The second-order valence-corrected chi connectivity index (χ2v) is 5.35. The number of hydrogen-bond acceptors (Lipinski definition) is 3. The lowest BCUT2D eigenvalue weighted by Crippen LogP contribution is -2.27. The summed E-state index contributed by atoms with van der Waals surface area (Å²) in [5, 5.41) is 4.44. The van der Waals surface area contributed by atoms with Gasteiger partial charge in [-0.3, -0.25) is 9.48 Å². The van der Waals surface area contributed by atoms with Crippen LogP contribution in [0.2, 0.25) is 0 Å². The Kier molecular flexibility index (Phi) is 2.43. The van der Waals surface area contributed by atoms with Crippen molar-refractivity contribution >= 4 is 28.5 Å². The smallest absolute Gasteiger partial charge is 0.253 e. The van der Waals surface area contributed by atoms with Gasteiger partial charge in [0.25, 0.3) is 5.91 Å². The highest BCUT2D eigenvalue weighted by Crippen LogP contribution is 2.36. The molecule has 2 aliphatic rings. The molecule has 3 heterocycles. The van der Waals surface area contributed by atoms with Gasteiger partial charge in [-0.2, -0.15) is 5.10 Å². The van der Waals surface area contributed by atoms with Gasteiger partial charge < -0.3 is 10.5 Å². The fourth-order valence-corrected chi connectivity index (χ4v) is 3.46. The zero-order chi connectivity index (χ0) is 11.3. The minimum absolute atomic E-state index is 0.297. The summed E-state index contributed by atoms with van der Waals surface area (Å²) in [5.41, 5.74) is 6.98. The summed E-state index contributed by atoms with van der Waals surface area (Å²) in [6, 6.07) is 0.297. The first-order valence-electron chi connectivity index (χ1n) is 5.33. The van der Waals surface area contributed by atoms with Crippen molar-refractivity contribution in [2.75, 3.05) is 13.2 Å². The minimum atomic E-state index is -0.372. The number of aromatic nitrogens is 2. The average molecular weight is 333 g/mol. The van der Waals surface area contributed by atoms with Crippen molar-refractivity contribution in [1.29, 1.82) is 0 Å². The molecule has 5 nitrogen and oxygen atoms in total. The third kappa shape index (κ3) is 1.39. The summed E-state index contributed by atoms with van der Waals surface area (Å²) in [6.07, 6.45) is 1.94. The van der Waals surface area contributed by atoms with Gasteiger partial charge in [0.15, 0.2) is 0 Å². The molecule has 3 rings (SSSR count). The summed E-state index contributed by atoms with van der Waals surface area (Å²) in [5.74, 6) is 0.173. The molecule has 0 radical (unpaired) electrons. The number of ether oxygens (including phenoxy) is 1. The normalized spacial score (nSPS) is 27.6. The van der Waals surface area contributed by atoms with Crippen LogP contribution in [0, 0.1) is 9.62 Å². The van der Waals surface area contributed by atoms with Crippen molar-refractivity contribution in [3.63, 3.8) is 0 Å². The predicted molar refractivity (Wildman–Crippen MR) is 65.1 cm³/mol. The van der Waals surface area contributed by atoms with Gasteiger partial charge in [-0.15, -0.1) is 0 Å². The number of nitrogens with two attached hydrogens (primary N) is 1. The molecule has 0 spiro atoms. The zero-order valence-electron chi connectivity index (χ0n) is 8.65. The third-order valence-electron chi connectivity index (χ3n) is 3.44. The van der Waals surface area contributed by atoms with E-state index in [1.54, 1.807) is 0 Å². The number of carbonyl (C=O) groups excluding carboxylic acids is 1. The molecule has 2 N–H and O–H groups in total. The van der Waals surface area contributed by atoms with E-state index in [1.807, 2.05) is 4.68 Å². The molecule has 2 atom stereocenters. The van der Waals surface area contributed by atoms with Gasteiger partial charge >= 0.3 is 0 Å². The summed E-state index contributed by atoms with van der Waals surface area (Å²) in [7, 11) is 0. The third-order valence-corrected chi connectivity index (χ3v) is 4.20. The van der Waals surface area contributed by atoms with Crippen LogP contribution < -0.4 is 5.73 Å². The molecule has 1 amide bonds. The van der Waals surface area contributed by atoms with Crippen LogP contribution in [-0.2, 0) is 11.2 Å². The summed E-state index contributed by atoms with van der Waals surface area (Å²) >= 11 is 2.08. The monoisotopic (exact) mass is 333 g/mol. The Morgan fingerprint density at radius 3 is 3.12 bits per heavy atom. The lowest BCUT2D eigenvalue weighted by Gasteiger charge is -2.25. The molecule has 1 aromatic rings. The fourth-order valence-electron chi connectivity index (χ4n) is 2.65. The van der Waals surface area contributed by atoms with Crippen LogP contribution >= 0.6 is 22.6 Å². The second kappa shape index (κ2) is 3.69. The van der Waals surface area contributed by atoms with E-state index in [4.69, 9.17) is 10.5 Å². The molecule has 2 aliphatic heterocycles. The van der Waals surface area contributed by atoms with Crippen LogP contribution in [0.25, 0.3) is 0 Å². The second-order valence-electron chi connectivity index (χ2n) is 4.32. The number of rotatable bonds is 1. The van der Waals surface area contributed by atoms with Gasteiger partial charge in [-0.1, -0.05) is 0 Å². The Hall–Kier alpha value is -0.630. The van der Waals surface area contributed by atoms with E-state index in [0.29, 0.717) is 27.8 Å². The molecule has 0 saturated carbocycles. The average Bonchev–Trinajstić information content (AvgIpc) is 2.78. The molecule has 1 fully saturated rings. The molecular formula is C10H12IN3O2. The molecule has 0 aliphatic carbocycles. The number of halogens is 1. The van der Waals surface area contributed by atoms with Crippen LogP contribution in [0.15, 0.2) is 0 Å². The van der Waals surface area contributed by atoms with Gasteiger partial charge in [0, 0.05) is 5.92 Å². The number of carbonyl (C=O) groups is 1. The van der Waals surface area contributed by atoms with E-state index >= 15 is 0 Å². The molecule has 1 aromatic heterocycles. The summed E-state index contributed by atoms with van der Waals surface area (Å²) in [6.45, 7) is 1.51. The van der Waals surface area contributed by atoms with Crippen molar-refractivity contribution in [3.8, 4) is 0 Å². The van der Waals surface area contributed by atoms with Crippen LogP contribution in [0.5, 0.6) is 0 Å². The Morgan fingerprint density at radius 2 is 2.38 bits per heavy atom. The van der Waals surface area contributed by atoms with Crippen LogP contribution in [0.1, 0.15) is 28.5 Å². The summed E-state index contributed by atoms with van der Waals surface area (Å²) < 4.78 is 8.16. The van der Waals surface area contributed by atoms with Crippen LogP contribution in [0.3, 0.4) is 0 Å². The lowest BCUT2D eigenvalue weighted by atomic mass is 9.92. The van der Waals surface area contributed by atoms with Crippen LogP contribution in [0.4, 0.5) is 0 Å². The number of fused-ring (bicyclic) bond motifs is 3. The maximum atomic E-state index is 11.4. The fraction of sp³-hybridized carbons (Fsp3) is 0.600. The highest BCUT2D eigenvalue weighted by atomic mass is 127. The zero-order valence-corrected chi connectivity index (χ0v) is 10.8. The van der Waals surface area contributed by atoms with E-state index in [-0.39, 0.29) is 5.91 Å². The standard InChI is InChI=1S/C10H12IN3O2/c11-9-8(10(12)15)6-2-1-5-3-16-4-7(5)14(6)13-9/h5,7H,1-4H2,(H2,12,15)/t5-,7+/m1/s1. The molecule has 86 valence electrons. The number of nitrogens with zero attached hydrogens (tertiary/aromatic N) is 2. The van der Waals surface area contributed by atoms with E-state index in [2.05, 4.69) is 27.7 Å². The van der Waals surface area contributed by atoms with Crippen molar-refractivity contribution in [2.45, 2.75) is 18.9 Å². The molecule has 1 saturated heterocycles. The van der Waals surface area contributed by atoms with Crippen molar-refractivity contribution < 1.29 is 9.53 Å². The molecular weight excluding hydrogens is 321 g/mol. The first-order chi connectivity index (χ1) is 7.68. The highest BCUT2D eigenvalue weighted by Gasteiger charge is 2.37. The Labute approximate surface area is 106 Å². The Morgan fingerprint density at radius 1 is 1.56 bits per heavy atom. The van der Waals surface area contributed by atoms with E-state index in [9.17, 15) is 4.79 Å². The van der Waals surface area contributed by atoms with E-state index < -0.39 is 0 Å². The van der Waals surface area contributed by atoms with Crippen molar-refractivity contribution in [2.24, 2.45) is 11.7 Å². The van der Waals surface area contributed by atoms with Crippen LogP contribution in [-0.4, -0.2) is 28.9 Å². The maximum absolute atomic E-state index is 11.4. The van der Waals surface area contributed by atoms with E-state index in [1.165, 1.54) is 0 Å². The largest absolute Gasteiger partial charge is 0.379 e. The first kappa shape index (κ1) is 10.5. The molecule has 0 bridgehead atoms. The lowest BCUT2D eigenvalue weighted by molar-refractivity contribution is 0.0997. The quantitative estimate of drug-likeness (QED) is 0.770. The first-order valence-corrected chi connectivity index (χ1v) is 6.40. The molecule has 16 heavy (non-hydrogen) atoms. The summed E-state index contributed by atoms with van der Waals surface area (Å²) in [4.78, 5) is 11.4. The molecule has 6 heteroatoms. The van der Waals surface area contributed by atoms with Gasteiger partial charge in [0.05, 0.1) is 30.5 Å². The number of hydrogen-bond donors (Lipinski definition) is 1. The van der Waals surface area contributed by atoms with Crippen molar-refractivity contribution in [1.82, 2.24) is 9.78 Å². The van der Waals surface area contributed by atoms with Gasteiger partial charge in [0.2, 0.25) is 0 Å². The van der Waals surface area contributed by atoms with E-state index in [0.717, 1.165) is 25.1 Å².